The van der Waals surface area contributed by atoms with E-state index in [0.29, 0.717) is 29.2 Å². The minimum Gasteiger partial charge on any atom is -0.494 e. The van der Waals surface area contributed by atoms with E-state index in [4.69, 9.17) is 15.9 Å². The zero-order chi connectivity index (χ0) is 35.5. The molecule has 10 heteroatoms. The van der Waals surface area contributed by atoms with Gasteiger partial charge >= 0.3 is 0 Å². The van der Waals surface area contributed by atoms with Gasteiger partial charge in [-0.2, -0.15) is 4.99 Å². The summed E-state index contributed by atoms with van der Waals surface area (Å²) in [6.45, 7) is 6.90. The largest absolute Gasteiger partial charge is 0.494 e. The molecule has 0 radical (unpaired) electrons. The number of hydrogen-bond acceptors (Lipinski definition) is 7. The lowest BCUT2D eigenvalue weighted by Gasteiger charge is -2.21. The van der Waals surface area contributed by atoms with Crippen molar-refractivity contribution in [1.82, 2.24) is 10.2 Å². The number of nitrogens with two attached hydrogens (primary N) is 1. The Labute approximate surface area is 295 Å². The first-order chi connectivity index (χ1) is 23.6. The van der Waals surface area contributed by atoms with Crippen LogP contribution in [0.2, 0.25) is 0 Å². The molecular formula is C39H50N6O3S. The number of likely N-dealkylation sites (N-methyl/N-ethyl adjacent to an activating group) is 1. The third-order valence-electron chi connectivity index (χ3n) is 8.26. The van der Waals surface area contributed by atoms with E-state index >= 15 is 0 Å². The summed E-state index contributed by atoms with van der Waals surface area (Å²) in [5, 5.41) is 15.5. The standard InChI is InChI=1S/C39H50N6O3S/c1-7-11-29(9-3)49-30(12-8-2)24-45(5)39(47)28-21-15-25(16-22-28)31-13-10-14-32(37(31)48-6)43-33(35(41)36(42-4)26-17-18-26)23-34(40)44-38(46)27-19-20-27/h9-10,12-16,21-23,27,41-43H,7-8,11,17-20,24H2,1-6H3,(H2,40,44,46)/b29-9-,30-12?,33-23+,41-35?. The number of ether oxygens (including phenoxy) is 1. The fraction of sp³-hybridized carbons (Fsp3) is 0.385. The van der Waals surface area contributed by atoms with Crippen LogP contribution in [0.4, 0.5) is 5.69 Å². The predicted molar refractivity (Wildman–Crippen MR) is 204 cm³/mol. The lowest BCUT2D eigenvalue weighted by atomic mass is 10.0. The van der Waals surface area contributed by atoms with Crippen molar-refractivity contribution in [2.45, 2.75) is 65.7 Å². The van der Waals surface area contributed by atoms with Gasteiger partial charge in [0.2, 0.25) is 0 Å². The van der Waals surface area contributed by atoms with Crippen molar-refractivity contribution in [3.05, 3.63) is 93.0 Å². The number of amidine groups is 1. The molecule has 0 heterocycles. The Morgan fingerprint density at radius 3 is 2.41 bits per heavy atom. The van der Waals surface area contributed by atoms with Gasteiger partial charge in [-0.3, -0.25) is 15.0 Å². The summed E-state index contributed by atoms with van der Waals surface area (Å²) in [7, 11) is 5.23. The third-order valence-corrected chi connectivity index (χ3v) is 9.52. The maximum Gasteiger partial charge on any atom is 0.253 e. The first-order valence-corrected chi connectivity index (χ1v) is 17.9. The molecule has 0 aromatic heterocycles. The topological polar surface area (TPSA) is 133 Å². The number of allylic oxidation sites excluding steroid dienone is 4. The zero-order valence-corrected chi connectivity index (χ0v) is 30.4. The van der Waals surface area contributed by atoms with Gasteiger partial charge in [-0.05, 0) is 79.7 Å². The number of para-hydroxylation sites is 1. The molecule has 0 atom stereocenters. The van der Waals surface area contributed by atoms with Crippen LogP contribution in [-0.2, 0) is 4.79 Å². The number of carbonyl (C=O) groups is 2. The van der Waals surface area contributed by atoms with Crippen LogP contribution in [-0.4, -0.2) is 56.0 Å². The molecular weight excluding hydrogens is 633 g/mol. The Kier molecular flexibility index (Phi) is 13.5. The zero-order valence-electron chi connectivity index (χ0n) is 29.6. The Bertz CT molecular complexity index is 1690. The molecule has 49 heavy (non-hydrogen) atoms. The van der Waals surface area contributed by atoms with Crippen LogP contribution in [0.3, 0.4) is 0 Å². The number of carbonyl (C=O) groups excluding carboxylic acids is 2. The fourth-order valence-corrected chi connectivity index (χ4v) is 6.68. The molecule has 4 rings (SSSR count). The number of thioether (sulfide) groups is 1. The van der Waals surface area contributed by atoms with E-state index in [1.807, 2.05) is 49.5 Å². The molecule has 2 aliphatic carbocycles. The van der Waals surface area contributed by atoms with Crippen molar-refractivity contribution < 1.29 is 14.3 Å². The molecule has 2 aromatic rings. The molecule has 2 fully saturated rings. The van der Waals surface area contributed by atoms with Crippen LogP contribution in [0, 0.1) is 11.3 Å². The number of nitrogens with zero attached hydrogens (tertiary/aromatic N) is 2. The summed E-state index contributed by atoms with van der Waals surface area (Å²) in [6, 6.07) is 13.2. The summed E-state index contributed by atoms with van der Waals surface area (Å²) in [6.07, 6.45) is 12.4. The Morgan fingerprint density at radius 2 is 1.84 bits per heavy atom. The van der Waals surface area contributed by atoms with E-state index in [-0.39, 0.29) is 29.3 Å². The molecule has 0 spiro atoms. The SMILES string of the molecule is C/C=C(/CCC)SC(=CCC)CN(C)C(=O)c1ccc(-c2cccc(N/C(=C/C(N)=NC(=O)C3CC3)C(=N)C(NC)=C3CC3)c2OC)cc1. The molecule has 2 aromatic carbocycles. The predicted octanol–water partition coefficient (Wildman–Crippen LogP) is 8.04. The van der Waals surface area contributed by atoms with E-state index in [1.54, 1.807) is 30.8 Å². The molecule has 9 nitrogen and oxygen atoms in total. The Balaban J connectivity index is 1.58. The Morgan fingerprint density at radius 1 is 1.12 bits per heavy atom. The highest BCUT2D eigenvalue weighted by Crippen LogP contribution is 2.38. The fourth-order valence-electron chi connectivity index (χ4n) is 5.41. The van der Waals surface area contributed by atoms with Crippen molar-refractivity contribution in [1.29, 1.82) is 5.41 Å². The average molecular weight is 683 g/mol. The molecule has 5 N–H and O–H groups in total. The van der Waals surface area contributed by atoms with Gasteiger partial charge in [-0.15, -0.1) is 0 Å². The number of rotatable bonds is 17. The van der Waals surface area contributed by atoms with Crippen LogP contribution in [0.15, 0.2) is 92.5 Å². The molecule has 2 aliphatic rings. The van der Waals surface area contributed by atoms with Gasteiger partial charge in [0, 0.05) is 42.1 Å². The van der Waals surface area contributed by atoms with Gasteiger partial charge in [-0.25, -0.2) is 0 Å². The first-order valence-electron chi connectivity index (χ1n) is 17.0. The van der Waals surface area contributed by atoms with E-state index in [0.717, 1.165) is 67.3 Å². The Hall–Kier alpha value is -4.57. The van der Waals surface area contributed by atoms with Crippen LogP contribution >= 0.6 is 11.8 Å². The van der Waals surface area contributed by atoms with E-state index in [2.05, 4.69) is 48.5 Å². The molecule has 2 amide bonds. The second-order valence-electron chi connectivity index (χ2n) is 12.2. The van der Waals surface area contributed by atoms with E-state index < -0.39 is 0 Å². The van der Waals surface area contributed by atoms with Crippen molar-refractivity contribution in [3.8, 4) is 16.9 Å². The molecule has 0 aliphatic heterocycles. The van der Waals surface area contributed by atoms with Crippen molar-refractivity contribution >= 4 is 40.8 Å². The highest BCUT2D eigenvalue weighted by molar-refractivity contribution is 8.06. The number of methoxy groups -OCH3 is 1. The smallest absolute Gasteiger partial charge is 0.253 e. The normalized spacial score (nSPS) is 15.1. The third kappa shape index (κ3) is 10.2. The molecule has 0 unspecified atom stereocenters. The lowest BCUT2D eigenvalue weighted by Crippen LogP contribution is -2.28. The minimum absolute atomic E-state index is 0.0415. The summed E-state index contributed by atoms with van der Waals surface area (Å²) in [5.41, 5.74) is 11.6. The van der Waals surface area contributed by atoms with Crippen molar-refractivity contribution in [2.24, 2.45) is 16.6 Å². The summed E-state index contributed by atoms with van der Waals surface area (Å²) >= 11 is 1.76. The van der Waals surface area contributed by atoms with Crippen LogP contribution in [0.1, 0.15) is 76.1 Å². The summed E-state index contributed by atoms with van der Waals surface area (Å²) in [4.78, 5) is 34.1. The number of anilines is 1. The minimum atomic E-state index is -0.228. The van der Waals surface area contributed by atoms with Crippen molar-refractivity contribution in [2.75, 3.05) is 33.1 Å². The average Bonchev–Trinajstić information content (AvgIpc) is 4.02. The maximum absolute atomic E-state index is 13.5. The maximum atomic E-state index is 13.5. The summed E-state index contributed by atoms with van der Waals surface area (Å²) in [5.74, 6) is 0.268. The van der Waals surface area contributed by atoms with E-state index in [9.17, 15) is 9.59 Å². The number of nitrogens with one attached hydrogen (secondary N) is 3. The highest BCUT2D eigenvalue weighted by atomic mass is 32.2. The van der Waals surface area contributed by atoms with Gasteiger partial charge in [0.25, 0.3) is 11.8 Å². The van der Waals surface area contributed by atoms with Gasteiger partial charge < -0.3 is 26.0 Å². The van der Waals surface area contributed by atoms with Gasteiger partial charge in [0.1, 0.15) is 17.3 Å². The number of aliphatic imine (C=N–C) groups is 1. The molecule has 0 saturated heterocycles. The second-order valence-corrected chi connectivity index (χ2v) is 13.5. The lowest BCUT2D eigenvalue weighted by molar-refractivity contribution is -0.118. The van der Waals surface area contributed by atoms with Crippen LogP contribution < -0.4 is 21.1 Å². The van der Waals surface area contributed by atoms with Crippen LogP contribution in [0.5, 0.6) is 5.75 Å². The highest BCUT2D eigenvalue weighted by Gasteiger charge is 2.29. The number of hydrogen-bond donors (Lipinski definition) is 4. The first kappa shape index (κ1) is 37.3. The molecule has 2 saturated carbocycles. The monoisotopic (exact) mass is 682 g/mol. The number of benzene rings is 2. The second kappa shape index (κ2) is 17.7. The molecule has 260 valence electrons. The quantitative estimate of drug-likeness (QED) is 0.0981. The number of amides is 2. The van der Waals surface area contributed by atoms with Crippen LogP contribution in [0.25, 0.3) is 11.1 Å². The van der Waals surface area contributed by atoms with Gasteiger partial charge in [0.15, 0.2) is 0 Å². The van der Waals surface area contributed by atoms with E-state index in [1.165, 1.54) is 15.9 Å². The summed E-state index contributed by atoms with van der Waals surface area (Å²) < 4.78 is 5.92. The van der Waals surface area contributed by atoms with Gasteiger partial charge in [-0.1, -0.05) is 68.4 Å². The molecule has 0 bridgehead atoms. The van der Waals surface area contributed by atoms with Gasteiger partial charge in [0.05, 0.1) is 30.7 Å². The van der Waals surface area contributed by atoms with Crippen molar-refractivity contribution in [3.63, 3.8) is 0 Å².